The van der Waals surface area contributed by atoms with Gasteiger partial charge in [-0.05, 0) is 37.5 Å². The van der Waals surface area contributed by atoms with Crippen LogP contribution >= 0.6 is 0 Å². The third kappa shape index (κ3) is 3.65. The summed E-state index contributed by atoms with van der Waals surface area (Å²) in [5.41, 5.74) is 8.17. The Morgan fingerprint density at radius 1 is 1.43 bits per heavy atom. The number of nitrogen functional groups attached to an aromatic ring is 1. The number of carbonyl (C=O) groups is 2. The van der Waals surface area contributed by atoms with Crippen LogP contribution in [0, 0.1) is 6.92 Å². The first-order valence-electron chi connectivity index (χ1n) is 6.91. The lowest BCUT2D eigenvalue weighted by Crippen LogP contribution is -2.36. The fourth-order valence-corrected chi connectivity index (χ4v) is 2.09. The Morgan fingerprint density at radius 3 is 2.67 bits per heavy atom. The average molecular weight is 291 g/mol. The van der Waals surface area contributed by atoms with Crippen molar-refractivity contribution in [1.29, 1.82) is 0 Å². The molecule has 114 valence electrons. The summed E-state index contributed by atoms with van der Waals surface area (Å²) in [5, 5.41) is 2.93. The van der Waals surface area contributed by atoms with Crippen LogP contribution in [0.3, 0.4) is 0 Å². The molecule has 0 saturated heterocycles. The Balaban J connectivity index is 2.15. The number of nitrogens with zero attached hydrogens (tertiary/aromatic N) is 1. The van der Waals surface area contributed by atoms with E-state index in [0.717, 1.165) is 24.1 Å². The maximum atomic E-state index is 11.8. The molecule has 3 N–H and O–H groups in total. The third-order valence-corrected chi connectivity index (χ3v) is 3.54. The van der Waals surface area contributed by atoms with Crippen molar-refractivity contribution in [2.45, 2.75) is 25.8 Å². The Hall–Kier alpha value is -2.24. The van der Waals surface area contributed by atoms with Crippen molar-refractivity contribution in [2.24, 2.45) is 0 Å². The number of likely N-dealkylation sites (N-methyl/N-ethyl adjacent to an activating group) is 1. The van der Waals surface area contributed by atoms with Gasteiger partial charge in [0.1, 0.15) is 0 Å². The zero-order valence-corrected chi connectivity index (χ0v) is 12.6. The highest BCUT2D eigenvalue weighted by molar-refractivity contribution is 5.97. The predicted molar refractivity (Wildman–Crippen MR) is 81.4 cm³/mol. The van der Waals surface area contributed by atoms with E-state index >= 15 is 0 Å². The number of aryl methyl sites for hydroxylation is 1. The first kappa shape index (κ1) is 15.2. The van der Waals surface area contributed by atoms with Gasteiger partial charge in [-0.1, -0.05) is 0 Å². The van der Waals surface area contributed by atoms with Gasteiger partial charge in [0.25, 0.3) is 0 Å². The topological polar surface area (TPSA) is 84.7 Å². The van der Waals surface area contributed by atoms with Crippen LogP contribution in [0.15, 0.2) is 12.1 Å². The number of amides is 1. The summed E-state index contributed by atoms with van der Waals surface area (Å²) < 4.78 is 4.73. The van der Waals surface area contributed by atoms with Crippen molar-refractivity contribution in [3.05, 3.63) is 23.3 Å². The molecule has 1 aliphatic rings. The molecule has 0 bridgehead atoms. The molecule has 0 atom stereocenters. The standard InChI is InChI=1S/C15H21N3O3/c1-9-6-11(7-12(14(9)16)15(20)21-3)18(2)8-13(19)17-10-4-5-10/h6-7,10H,4-5,8,16H2,1-3H3,(H,17,19). The number of ether oxygens (including phenoxy) is 1. The van der Waals surface area contributed by atoms with Crippen LogP contribution < -0.4 is 16.0 Å². The second-order valence-corrected chi connectivity index (χ2v) is 5.41. The molecule has 1 aromatic rings. The molecule has 0 aliphatic heterocycles. The fourth-order valence-electron chi connectivity index (χ4n) is 2.09. The van der Waals surface area contributed by atoms with Crippen LogP contribution in [0.2, 0.25) is 0 Å². The number of carbonyl (C=O) groups excluding carboxylic acids is 2. The summed E-state index contributed by atoms with van der Waals surface area (Å²) in [7, 11) is 3.12. The van der Waals surface area contributed by atoms with Crippen LogP contribution in [-0.4, -0.2) is 38.6 Å². The zero-order chi connectivity index (χ0) is 15.6. The van der Waals surface area contributed by atoms with Gasteiger partial charge >= 0.3 is 5.97 Å². The van der Waals surface area contributed by atoms with E-state index in [2.05, 4.69) is 5.32 Å². The van der Waals surface area contributed by atoms with Gasteiger partial charge in [0, 0.05) is 24.5 Å². The Labute approximate surface area is 124 Å². The van der Waals surface area contributed by atoms with Gasteiger partial charge in [-0.2, -0.15) is 0 Å². The molecule has 1 amide bonds. The van der Waals surface area contributed by atoms with E-state index in [9.17, 15) is 9.59 Å². The van der Waals surface area contributed by atoms with Crippen molar-refractivity contribution in [2.75, 3.05) is 31.3 Å². The highest BCUT2D eigenvalue weighted by Crippen LogP contribution is 2.25. The number of benzene rings is 1. The Kier molecular flexibility index (Phi) is 4.35. The minimum Gasteiger partial charge on any atom is -0.465 e. The first-order chi connectivity index (χ1) is 9.92. The molecule has 0 radical (unpaired) electrons. The van der Waals surface area contributed by atoms with Gasteiger partial charge in [0.05, 0.1) is 19.2 Å². The summed E-state index contributed by atoms with van der Waals surface area (Å²) in [6, 6.07) is 3.84. The summed E-state index contributed by atoms with van der Waals surface area (Å²) in [6.45, 7) is 2.06. The maximum absolute atomic E-state index is 11.8. The van der Waals surface area contributed by atoms with Gasteiger partial charge in [0.2, 0.25) is 5.91 Å². The number of hydrogen-bond acceptors (Lipinski definition) is 5. The number of methoxy groups -OCH3 is 1. The van der Waals surface area contributed by atoms with E-state index in [1.807, 2.05) is 13.0 Å². The normalized spacial score (nSPS) is 13.7. The predicted octanol–water partition coefficient (Wildman–Crippen LogP) is 1.08. The smallest absolute Gasteiger partial charge is 0.340 e. The number of anilines is 2. The van der Waals surface area contributed by atoms with Crippen molar-refractivity contribution in [1.82, 2.24) is 5.32 Å². The molecular formula is C15H21N3O3. The summed E-state index contributed by atoms with van der Waals surface area (Å²) in [5.74, 6) is -0.498. The number of hydrogen-bond donors (Lipinski definition) is 2. The lowest BCUT2D eigenvalue weighted by Gasteiger charge is -2.21. The van der Waals surface area contributed by atoms with Gasteiger partial charge in [-0.3, -0.25) is 4.79 Å². The lowest BCUT2D eigenvalue weighted by atomic mass is 10.1. The van der Waals surface area contributed by atoms with E-state index in [1.54, 1.807) is 18.0 Å². The molecule has 1 aromatic carbocycles. The number of rotatable bonds is 5. The molecule has 0 aromatic heterocycles. The van der Waals surface area contributed by atoms with Crippen LogP contribution in [0.5, 0.6) is 0 Å². The molecule has 6 heteroatoms. The molecule has 1 saturated carbocycles. The van der Waals surface area contributed by atoms with Crippen LogP contribution in [0.25, 0.3) is 0 Å². The van der Waals surface area contributed by atoms with Gasteiger partial charge in [-0.25, -0.2) is 4.79 Å². The average Bonchev–Trinajstić information content (AvgIpc) is 3.24. The Bertz CT molecular complexity index is 568. The maximum Gasteiger partial charge on any atom is 0.340 e. The number of nitrogens with one attached hydrogen (secondary N) is 1. The molecule has 2 rings (SSSR count). The second-order valence-electron chi connectivity index (χ2n) is 5.41. The molecule has 21 heavy (non-hydrogen) atoms. The highest BCUT2D eigenvalue weighted by atomic mass is 16.5. The van der Waals surface area contributed by atoms with E-state index in [-0.39, 0.29) is 12.5 Å². The summed E-state index contributed by atoms with van der Waals surface area (Å²) >= 11 is 0. The first-order valence-corrected chi connectivity index (χ1v) is 6.91. The van der Waals surface area contributed by atoms with E-state index in [0.29, 0.717) is 17.3 Å². The lowest BCUT2D eigenvalue weighted by molar-refractivity contribution is -0.119. The Morgan fingerprint density at radius 2 is 2.10 bits per heavy atom. The number of nitrogens with two attached hydrogens (primary N) is 1. The SMILES string of the molecule is COC(=O)c1cc(N(C)CC(=O)NC2CC2)cc(C)c1N. The molecule has 0 unspecified atom stereocenters. The quantitative estimate of drug-likeness (QED) is 0.626. The van der Waals surface area contributed by atoms with Gasteiger partial charge in [-0.15, -0.1) is 0 Å². The highest BCUT2D eigenvalue weighted by Gasteiger charge is 2.24. The van der Waals surface area contributed by atoms with Crippen molar-refractivity contribution in [3.63, 3.8) is 0 Å². The largest absolute Gasteiger partial charge is 0.465 e. The van der Waals surface area contributed by atoms with E-state index < -0.39 is 5.97 Å². The number of esters is 1. The third-order valence-electron chi connectivity index (χ3n) is 3.54. The molecule has 0 heterocycles. The minimum atomic E-state index is -0.478. The summed E-state index contributed by atoms with van der Waals surface area (Å²) in [4.78, 5) is 25.4. The van der Waals surface area contributed by atoms with Crippen LogP contribution in [-0.2, 0) is 9.53 Å². The van der Waals surface area contributed by atoms with Crippen molar-refractivity contribution in [3.8, 4) is 0 Å². The molecule has 1 aliphatic carbocycles. The van der Waals surface area contributed by atoms with Crippen LogP contribution in [0.1, 0.15) is 28.8 Å². The molecular weight excluding hydrogens is 270 g/mol. The van der Waals surface area contributed by atoms with Crippen molar-refractivity contribution < 1.29 is 14.3 Å². The van der Waals surface area contributed by atoms with Crippen LogP contribution in [0.4, 0.5) is 11.4 Å². The minimum absolute atomic E-state index is 0.0194. The monoisotopic (exact) mass is 291 g/mol. The molecule has 0 spiro atoms. The van der Waals surface area contributed by atoms with Gasteiger partial charge in [0.15, 0.2) is 0 Å². The molecule has 6 nitrogen and oxygen atoms in total. The molecule has 1 fully saturated rings. The van der Waals surface area contributed by atoms with Crippen molar-refractivity contribution >= 4 is 23.3 Å². The second kappa shape index (κ2) is 6.03. The van der Waals surface area contributed by atoms with E-state index in [4.69, 9.17) is 10.5 Å². The fraction of sp³-hybridized carbons (Fsp3) is 0.467. The van der Waals surface area contributed by atoms with Gasteiger partial charge < -0.3 is 20.7 Å². The van der Waals surface area contributed by atoms with E-state index in [1.165, 1.54) is 7.11 Å². The summed E-state index contributed by atoms with van der Waals surface area (Å²) in [6.07, 6.45) is 2.12. The zero-order valence-electron chi connectivity index (χ0n) is 12.6.